The van der Waals surface area contributed by atoms with E-state index in [1.165, 1.54) is 5.56 Å². The molecule has 2 aromatic carbocycles. The van der Waals surface area contributed by atoms with E-state index < -0.39 is 6.10 Å². The second-order valence-electron chi connectivity index (χ2n) is 6.60. The third kappa shape index (κ3) is 4.08. The van der Waals surface area contributed by atoms with Crippen LogP contribution in [0.4, 0.5) is 5.69 Å². The zero-order valence-corrected chi connectivity index (χ0v) is 13.4. The molecule has 2 rings (SSSR count). The maximum absolute atomic E-state index is 10.4. The summed E-state index contributed by atoms with van der Waals surface area (Å²) < 4.78 is 0. The smallest absolute Gasteiger partial charge is 0.0964 e. The minimum atomic E-state index is -0.482. The lowest BCUT2D eigenvalue weighted by Crippen LogP contribution is -2.24. The first kappa shape index (κ1) is 15.6. The fourth-order valence-electron chi connectivity index (χ4n) is 2.36. The Morgan fingerprint density at radius 3 is 2.05 bits per heavy atom. The summed E-state index contributed by atoms with van der Waals surface area (Å²) in [5.74, 6) is 0. The summed E-state index contributed by atoms with van der Waals surface area (Å²) in [4.78, 5) is 2.07. The fraction of sp³-hybridized carbons (Fsp3) is 0.368. The van der Waals surface area contributed by atoms with Crippen molar-refractivity contribution in [2.24, 2.45) is 0 Å². The van der Waals surface area contributed by atoms with Crippen LogP contribution in [0.5, 0.6) is 0 Å². The molecule has 0 aliphatic carbocycles. The molecule has 0 heterocycles. The molecule has 1 unspecified atom stereocenters. The van der Waals surface area contributed by atoms with Crippen LogP contribution in [-0.4, -0.2) is 18.7 Å². The first-order valence-corrected chi connectivity index (χ1v) is 7.42. The first-order valence-electron chi connectivity index (χ1n) is 7.42. The monoisotopic (exact) mass is 283 g/mol. The number of benzene rings is 2. The van der Waals surface area contributed by atoms with E-state index in [1.54, 1.807) is 0 Å². The van der Waals surface area contributed by atoms with Gasteiger partial charge in [-0.1, -0.05) is 63.2 Å². The number of hydrogen-bond acceptors (Lipinski definition) is 2. The Balaban J connectivity index is 2.05. The predicted octanol–water partition coefficient (Wildman–Crippen LogP) is 4.15. The summed E-state index contributed by atoms with van der Waals surface area (Å²) in [5, 5.41) is 10.4. The van der Waals surface area contributed by atoms with Crippen LogP contribution < -0.4 is 4.90 Å². The number of nitrogens with zero attached hydrogens (tertiary/aromatic N) is 1. The molecular weight excluding hydrogens is 258 g/mol. The lowest BCUT2D eigenvalue weighted by molar-refractivity contribution is 0.185. The Kier molecular flexibility index (Phi) is 4.69. The van der Waals surface area contributed by atoms with Crippen LogP contribution in [-0.2, 0) is 5.41 Å². The van der Waals surface area contributed by atoms with E-state index in [1.807, 2.05) is 37.4 Å². The van der Waals surface area contributed by atoms with Crippen LogP contribution in [0.2, 0.25) is 0 Å². The van der Waals surface area contributed by atoms with Gasteiger partial charge in [0.2, 0.25) is 0 Å². The van der Waals surface area contributed by atoms with Crippen LogP contribution >= 0.6 is 0 Å². The minimum Gasteiger partial charge on any atom is -0.387 e. The predicted molar refractivity (Wildman–Crippen MR) is 89.8 cm³/mol. The molecule has 2 aromatic rings. The number of anilines is 1. The molecule has 0 amide bonds. The molecule has 0 radical (unpaired) electrons. The van der Waals surface area contributed by atoms with Crippen molar-refractivity contribution in [1.29, 1.82) is 0 Å². The van der Waals surface area contributed by atoms with Crippen molar-refractivity contribution in [2.75, 3.05) is 18.5 Å². The maximum Gasteiger partial charge on any atom is 0.0964 e. The summed E-state index contributed by atoms with van der Waals surface area (Å²) in [6, 6.07) is 18.4. The molecule has 2 heteroatoms. The molecular formula is C19H25NO. The molecule has 0 fully saturated rings. The molecule has 0 aromatic heterocycles. The average Bonchev–Trinajstić information content (AvgIpc) is 2.47. The Hall–Kier alpha value is -1.80. The average molecular weight is 283 g/mol. The van der Waals surface area contributed by atoms with Gasteiger partial charge in [-0.25, -0.2) is 0 Å². The third-order valence-corrected chi connectivity index (χ3v) is 3.81. The number of rotatable bonds is 4. The minimum absolute atomic E-state index is 0.143. The van der Waals surface area contributed by atoms with Gasteiger partial charge in [0.1, 0.15) is 0 Å². The molecule has 1 atom stereocenters. The molecule has 1 N–H and O–H groups in total. The molecule has 0 bridgehead atoms. The lowest BCUT2D eigenvalue weighted by atomic mass is 9.86. The van der Waals surface area contributed by atoms with Crippen molar-refractivity contribution in [2.45, 2.75) is 32.3 Å². The highest BCUT2D eigenvalue weighted by Crippen LogP contribution is 2.24. The van der Waals surface area contributed by atoms with E-state index in [9.17, 15) is 5.11 Å². The van der Waals surface area contributed by atoms with Crippen LogP contribution in [0.1, 0.15) is 38.0 Å². The van der Waals surface area contributed by atoms with E-state index in [0.29, 0.717) is 6.54 Å². The zero-order valence-electron chi connectivity index (χ0n) is 13.4. The standard InChI is InChI=1S/C19H25NO/c1-19(2,3)16-12-10-15(11-13-16)18(21)14-20(4)17-8-6-5-7-9-17/h5-13,18,21H,14H2,1-4H3. The number of likely N-dealkylation sites (N-methyl/N-ethyl adjacent to an activating group) is 1. The molecule has 0 saturated carbocycles. The maximum atomic E-state index is 10.4. The van der Waals surface area contributed by atoms with Gasteiger partial charge in [-0.3, -0.25) is 0 Å². The van der Waals surface area contributed by atoms with E-state index in [0.717, 1.165) is 11.3 Å². The van der Waals surface area contributed by atoms with Gasteiger partial charge in [0, 0.05) is 19.3 Å². The number of para-hydroxylation sites is 1. The van der Waals surface area contributed by atoms with Gasteiger partial charge in [0.05, 0.1) is 6.10 Å². The Morgan fingerprint density at radius 1 is 0.952 bits per heavy atom. The Morgan fingerprint density at radius 2 is 1.52 bits per heavy atom. The number of aliphatic hydroxyl groups excluding tert-OH is 1. The molecule has 0 aliphatic rings. The van der Waals surface area contributed by atoms with E-state index >= 15 is 0 Å². The van der Waals surface area contributed by atoms with Crippen molar-refractivity contribution in [3.8, 4) is 0 Å². The van der Waals surface area contributed by atoms with Crippen molar-refractivity contribution in [1.82, 2.24) is 0 Å². The number of aliphatic hydroxyl groups is 1. The summed E-state index contributed by atoms with van der Waals surface area (Å²) >= 11 is 0. The largest absolute Gasteiger partial charge is 0.387 e. The van der Waals surface area contributed by atoms with Gasteiger partial charge in [-0.2, -0.15) is 0 Å². The van der Waals surface area contributed by atoms with Gasteiger partial charge >= 0.3 is 0 Å². The van der Waals surface area contributed by atoms with E-state index in [2.05, 4.69) is 49.9 Å². The normalized spacial score (nSPS) is 13.0. The van der Waals surface area contributed by atoms with Crippen LogP contribution in [0, 0.1) is 0 Å². The van der Waals surface area contributed by atoms with Crippen molar-refractivity contribution < 1.29 is 5.11 Å². The number of hydrogen-bond donors (Lipinski definition) is 1. The molecule has 112 valence electrons. The first-order chi connectivity index (χ1) is 9.88. The molecule has 21 heavy (non-hydrogen) atoms. The Labute approximate surface area is 128 Å². The third-order valence-electron chi connectivity index (χ3n) is 3.81. The summed E-state index contributed by atoms with van der Waals surface area (Å²) in [6.45, 7) is 7.17. The van der Waals surface area contributed by atoms with E-state index in [-0.39, 0.29) is 5.41 Å². The van der Waals surface area contributed by atoms with E-state index in [4.69, 9.17) is 0 Å². The Bertz CT molecular complexity index is 554. The fourth-order valence-corrected chi connectivity index (χ4v) is 2.36. The zero-order chi connectivity index (χ0) is 15.5. The van der Waals surface area contributed by atoms with Gasteiger partial charge in [0.15, 0.2) is 0 Å². The molecule has 0 spiro atoms. The topological polar surface area (TPSA) is 23.5 Å². The highest BCUT2D eigenvalue weighted by Gasteiger charge is 2.15. The van der Waals surface area contributed by atoms with Crippen LogP contribution in [0.15, 0.2) is 54.6 Å². The summed E-state index contributed by atoms with van der Waals surface area (Å²) in [7, 11) is 2.00. The quantitative estimate of drug-likeness (QED) is 0.911. The van der Waals surface area contributed by atoms with Gasteiger partial charge in [-0.05, 0) is 28.7 Å². The lowest BCUT2D eigenvalue weighted by Gasteiger charge is -2.24. The summed E-state index contributed by atoms with van der Waals surface area (Å²) in [5.41, 5.74) is 3.51. The molecule has 0 aliphatic heterocycles. The second kappa shape index (κ2) is 6.31. The van der Waals surface area contributed by atoms with Gasteiger partial charge < -0.3 is 10.0 Å². The molecule has 2 nitrogen and oxygen atoms in total. The highest BCUT2D eigenvalue weighted by atomic mass is 16.3. The van der Waals surface area contributed by atoms with Gasteiger partial charge in [-0.15, -0.1) is 0 Å². The van der Waals surface area contributed by atoms with Crippen LogP contribution in [0.3, 0.4) is 0 Å². The highest BCUT2D eigenvalue weighted by molar-refractivity contribution is 5.45. The molecule has 0 saturated heterocycles. The van der Waals surface area contributed by atoms with Crippen LogP contribution in [0.25, 0.3) is 0 Å². The van der Waals surface area contributed by atoms with Crippen molar-refractivity contribution in [3.63, 3.8) is 0 Å². The van der Waals surface area contributed by atoms with Crippen molar-refractivity contribution in [3.05, 3.63) is 65.7 Å². The summed E-state index contributed by atoms with van der Waals surface area (Å²) in [6.07, 6.45) is -0.482. The van der Waals surface area contributed by atoms with Crippen molar-refractivity contribution >= 4 is 5.69 Å². The second-order valence-corrected chi connectivity index (χ2v) is 6.60. The SMILES string of the molecule is CN(CC(O)c1ccc(C(C)(C)C)cc1)c1ccccc1. The van der Waals surface area contributed by atoms with Gasteiger partial charge in [0.25, 0.3) is 0 Å².